The van der Waals surface area contributed by atoms with Gasteiger partial charge in [0.15, 0.2) is 5.11 Å². The molecule has 2 rings (SSSR count). The maximum atomic E-state index is 11.1. The number of benzene rings is 2. The molecular formula is C14H11N5O5S. The van der Waals surface area contributed by atoms with Crippen LogP contribution in [0.15, 0.2) is 47.6 Å². The molecule has 3 N–H and O–H groups in total. The van der Waals surface area contributed by atoms with E-state index >= 15 is 0 Å². The van der Waals surface area contributed by atoms with Crippen molar-refractivity contribution in [3.05, 3.63) is 68.3 Å². The highest BCUT2D eigenvalue weighted by molar-refractivity contribution is 7.80. The Morgan fingerprint density at radius 2 is 1.84 bits per heavy atom. The van der Waals surface area contributed by atoms with Crippen molar-refractivity contribution < 1.29 is 14.6 Å². The zero-order valence-electron chi connectivity index (χ0n) is 12.5. The lowest BCUT2D eigenvalue weighted by atomic mass is 10.2. The number of rotatable bonds is 6. The maximum Gasteiger partial charge on any atom is 0.318 e. The highest BCUT2D eigenvalue weighted by Crippen LogP contribution is 2.34. The third-order valence-electron chi connectivity index (χ3n) is 2.85. The number of nitrogens with two attached hydrogens (primary N) is 1. The number of ether oxygens (including phenoxy) is 1. The Kier molecular flexibility index (Phi) is 5.53. The number of non-ortho nitro benzene ring substituents is 1. The highest BCUT2D eigenvalue weighted by atomic mass is 32.1. The summed E-state index contributed by atoms with van der Waals surface area (Å²) in [6.45, 7) is 0. The second-order valence-electron chi connectivity index (χ2n) is 4.57. The zero-order valence-corrected chi connectivity index (χ0v) is 13.3. The fraction of sp³-hybridized carbons (Fsp3) is 0. The molecule has 0 unspecified atom stereocenters. The number of nitro groups is 2. The van der Waals surface area contributed by atoms with Crippen LogP contribution >= 0.6 is 12.2 Å². The lowest BCUT2D eigenvalue weighted by Gasteiger charge is -2.06. The largest absolute Gasteiger partial charge is 0.450 e. The number of hydrazone groups is 1. The number of nitrogens with zero attached hydrogens (tertiary/aromatic N) is 3. The summed E-state index contributed by atoms with van der Waals surface area (Å²) in [5.41, 5.74) is 7.43. The SMILES string of the molecule is NC(=S)NN=Cc1ccc(Oc2ccc([N+](=O)[O-])cc2[N+](=O)[O-])cc1. The van der Waals surface area contributed by atoms with Gasteiger partial charge in [-0.05, 0) is 48.1 Å². The van der Waals surface area contributed by atoms with E-state index in [4.69, 9.17) is 10.5 Å². The van der Waals surface area contributed by atoms with Gasteiger partial charge < -0.3 is 10.5 Å². The molecule has 0 aliphatic heterocycles. The third-order valence-corrected chi connectivity index (χ3v) is 2.94. The lowest BCUT2D eigenvalue weighted by molar-refractivity contribution is -0.394. The van der Waals surface area contributed by atoms with Crippen molar-refractivity contribution in [3.63, 3.8) is 0 Å². The predicted molar refractivity (Wildman–Crippen MR) is 93.8 cm³/mol. The molecule has 0 saturated heterocycles. The van der Waals surface area contributed by atoms with E-state index in [-0.39, 0.29) is 10.9 Å². The molecule has 0 saturated carbocycles. The van der Waals surface area contributed by atoms with Gasteiger partial charge in [0.25, 0.3) is 5.69 Å². The number of hydrogen-bond acceptors (Lipinski definition) is 7. The van der Waals surface area contributed by atoms with Gasteiger partial charge in [-0.3, -0.25) is 25.7 Å². The van der Waals surface area contributed by atoms with Crippen molar-refractivity contribution in [1.82, 2.24) is 5.43 Å². The molecule has 2 aromatic rings. The molecule has 2 aromatic carbocycles. The Morgan fingerprint density at radius 3 is 2.40 bits per heavy atom. The van der Waals surface area contributed by atoms with Gasteiger partial charge >= 0.3 is 5.69 Å². The summed E-state index contributed by atoms with van der Waals surface area (Å²) in [6.07, 6.45) is 1.47. The summed E-state index contributed by atoms with van der Waals surface area (Å²) >= 11 is 4.60. The van der Waals surface area contributed by atoms with Crippen LogP contribution in [-0.2, 0) is 0 Å². The fourth-order valence-electron chi connectivity index (χ4n) is 1.77. The van der Waals surface area contributed by atoms with Crippen LogP contribution < -0.4 is 15.9 Å². The van der Waals surface area contributed by atoms with Crippen LogP contribution in [0.2, 0.25) is 0 Å². The van der Waals surface area contributed by atoms with Crippen molar-refractivity contribution in [2.24, 2.45) is 10.8 Å². The number of hydrogen-bond donors (Lipinski definition) is 2. The van der Waals surface area contributed by atoms with Crippen LogP contribution in [0.25, 0.3) is 0 Å². The first-order valence-corrected chi connectivity index (χ1v) is 7.07. The van der Waals surface area contributed by atoms with Crippen molar-refractivity contribution >= 4 is 34.9 Å². The summed E-state index contributed by atoms with van der Waals surface area (Å²) < 4.78 is 5.44. The van der Waals surface area contributed by atoms with Crippen molar-refractivity contribution in [2.45, 2.75) is 0 Å². The van der Waals surface area contributed by atoms with Gasteiger partial charge in [-0.2, -0.15) is 5.10 Å². The first-order chi connectivity index (χ1) is 11.9. The quantitative estimate of drug-likeness (QED) is 0.345. The molecule has 0 atom stereocenters. The van der Waals surface area contributed by atoms with Gasteiger partial charge in [-0.25, -0.2) is 0 Å². The van der Waals surface area contributed by atoms with Crippen LogP contribution in [0.5, 0.6) is 11.5 Å². The van der Waals surface area contributed by atoms with E-state index in [2.05, 4.69) is 22.7 Å². The maximum absolute atomic E-state index is 11.1. The predicted octanol–water partition coefficient (Wildman–Crippen LogP) is 2.46. The van der Waals surface area contributed by atoms with Crippen LogP contribution in [0, 0.1) is 20.2 Å². The topological polar surface area (TPSA) is 146 Å². The molecule has 0 spiro atoms. The minimum atomic E-state index is -0.745. The normalized spacial score (nSPS) is 10.4. The summed E-state index contributed by atoms with van der Waals surface area (Å²) in [4.78, 5) is 20.3. The molecular weight excluding hydrogens is 350 g/mol. The second kappa shape index (κ2) is 7.79. The average molecular weight is 361 g/mol. The Bertz CT molecular complexity index is 853. The van der Waals surface area contributed by atoms with E-state index in [0.717, 1.165) is 12.1 Å². The Hall–Kier alpha value is -3.60. The smallest absolute Gasteiger partial charge is 0.318 e. The molecule has 128 valence electrons. The average Bonchev–Trinajstić information content (AvgIpc) is 2.56. The molecule has 0 bridgehead atoms. The second-order valence-corrected chi connectivity index (χ2v) is 5.01. The Morgan fingerprint density at radius 1 is 1.16 bits per heavy atom. The summed E-state index contributed by atoms with van der Waals surface area (Å²) in [6, 6.07) is 9.58. The number of thiocarbonyl (C=S) groups is 1. The van der Waals surface area contributed by atoms with E-state index in [1.807, 2.05) is 0 Å². The summed E-state index contributed by atoms with van der Waals surface area (Å²) in [7, 11) is 0. The van der Waals surface area contributed by atoms with Crippen molar-refractivity contribution in [1.29, 1.82) is 0 Å². The molecule has 0 fully saturated rings. The molecule has 10 nitrogen and oxygen atoms in total. The molecule has 0 radical (unpaired) electrons. The van der Waals surface area contributed by atoms with Gasteiger partial charge in [0.05, 0.1) is 22.1 Å². The number of nitro benzene ring substituents is 2. The van der Waals surface area contributed by atoms with E-state index in [1.54, 1.807) is 24.3 Å². The summed E-state index contributed by atoms with van der Waals surface area (Å²) in [5, 5.41) is 25.6. The first kappa shape index (κ1) is 17.7. The van der Waals surface area contributed by atoms with E-state index in [1.165, 1.54) is 12.3 Å². The molecule has 0 heterocycles. The minimum absolute atomic E-state index is 0.0293. The van der Waals surface area contributed by atoms with Gasteiger partial charge in [0.1, 0.15) is 5.75 Å². The van der Waals surface area contributed by atoms with Gasteiger partial charge in [-0.15, -0.1) is 0 Å². The van der Waals surface area contributed by atoms with Gasteiger partial charge in [-0.1, -0.05) is 0 Å². The molecule has 0 aliphatic rings. The highest BCUT2D eigenvalue weighted by Gasteiger charge is 2.21. The lowest BCUT2D eigenvalue weighted by Crippen LogP contribution is -2.23. The van der Waals surface area contributed by atoms with Gasteiger partial charge in [0.2, 0.25) is 5.75 Å². The van der Waals surface area contributed by atoms with Crippen LogP contribution in [0.4, 0.5) is 11.4 Å². The van der Waals surface area contributed by atoms with Crippen LogP contribution in [0.1, 0.15) is 5.56 Å². The van der Waals surface area contributed by atoms with Crippen LogP contribution in [0.3, 0.4) is 0 Å². The molecule has 0 aliphatic carbocycles. The monoisotopic (exact) mass is 361 g/mol. The Balaban J connectivity index is 2.19. The van der Waals surface area contributed by atoms with Gasteiger partial charge in [0, 0.05) is 6.07 Å². The van der Waals surface area contributed by atoms with Crippen LogP contribution in [-0.4, -0.2) is 21.2 Å². The zero-order chi connectivity index (χ0) is 18.4. The number of nitrogens with one attached hydrogen (secondary N) is 1. The summed E-state index contributed by atoms with van der Waals surface area (Å²) in [5.74, 6) is 0.212. The fourth-order valence-corrected chi connectivity index (χ4v) is 1.82. The minimum Gasteiger partial charge on any atom is -0.450 e. The van der Waals surface area contributed by atoms with Crippen molar-refractivity contribution in [2.75, 3.05) is 0 Å². The molecule has 25 heavy (non-hydrogen) atoms. The van der Waals surface area contributed by atoms with E-state index in [9.17, 15) is 20.2 Å². The Labute approximate surface area is 146 Å². The molecule has 11 heteroatoms. The molecule has 0 amide bonds. The van der Waals surface area contributed by atoms with E-state index in [0.29, 0.717) is 11.3 Å². The molecule has 0 aromatic heterocycles. The third kappa shape index (κ3) is 4.94. The van der Waals surface area contributed by atoms with Crippen molar-refractivity contribution in [3.8, 4) is 11.5 Å². The first-order valence-electron chi connectivity index (χ1n) is 6.66. The standard InChI is InChI=1S/C14H11N5O5S/c15-14(25)17-16-8-9-1-4-11(5-2-9)24-13-6-3-10(18(20)21)7-12(13)19(22)23/h1-8H,(H3,15,17,25). The van der Waals surface area contributed by atoms with E-state index < -0.39 is 21.2 Å².